The van der Waals surface area contributed by atoms with Crippen LogP contribution in [0.4, 0.5) is 0 Å². The first-order chi connectivity index (χ1) is 11.5. The molecule has 0 saturated carbocycles. The Hall–Kier alpha value is -2.28. The lowest BCUT2D eigenvalue weighted by Gasteiger charge is -2.36. The second kappa shape index (κ2) is 8.01. The number of hydrogen-bond acceptors (Lipinski definition) is 5. The van der Waals surface area contributed by atoms with Gasteiger partial charge in [0.05, 0.1) is 58.4 Å². The van der Waals surface area contributed by atoms with Crippen molar-refractivity contribution >= 4 is 11.9 Å². The van der Waals surface area contributed by atoms with Crippen LogP contribution in [0, 0.1) is 0 Å². The van der Waals surface area contributed by atoms with E-state index in [1.54, 1.807) is 19.1 Å². The van der Waals surface area contributed by atoms with Gasteiger partial charge < -0.3 is 29.2 Å². The third-order valence-corrected chi connectivity index (χ3v) is 4.57. The molecule has 1 aliphatic rings. The number of carboxylic acid groups (broad SMARTS) is 1. The van der Waals surface area contributed by atoms with Crippen molar-refractivity contribution in [3.05, 3.63) is 23.8 Å². The topological polar surface area (TPSA) is 83.3 Å². The van der Waals surface area contributed by atoms with E-state index in [1.807, 2.05) is 18.2 Å². The Kier molecular flexibility index (Phi) is 6.03. The number of carbonyl (C=O) groups excluding carboxylic acids is 2. The van der Waals surface area contributed by atoms with Crippen LogP contribution < -0.4 is 19.5 Å². The summed E-state index contributed by atoms with van der Waals surface area (Å²) in [5.74, 6) is -0.171. The minimum atomic E-state index is -1.33. The summed E-state index contributed by atoms with van der Waals surface area (Å²) in [6.45, 7) is 4.73. The van der Waals surface area contributed by atoms with Gasteiger partial charge >= 0.3 is 0 Å². The number of quaternary nitrogens is 1. The molecule has 0 bridgehead atoms. The van der Waals surface area contributed by atoms with Crippen LogP contribution in [-0.2, 0) is 9.59 Å². The van der Waals surface area contributed by atoms with Gasteiger partial charge in [0, 0.05) is 6.07 Å². The highest BCUT2D eigenvalue weighted by Gasteiger charge is 2.29. The van der Waals surface area contributed by atoms with Crippen molar-refractivity contribution in [1.82, 2.24) is 4.90 Å². The van der Waals surface area contributed by atoms with Crippen LogP contribution in [0.15, 0.2) is 18.2 Å². The zero-order chi connectivity index (χ0) is 17.7. The van der Waals surface area contributed by atoms with Crippen molar-refractivity contribution in [3.8, 4) is 11.5 Å². The van der Waals surface area contributed by atoms with E-state index >= 15 is 0 Å². The molecule has 1 heterocycles. The lowest BCUT2D eigenvalue weighted by atomic mass is 10.0. The van der Waals surface area contributed by atoms with Crippen LogP contribution in [0.1, 0.15) is 24.9 Å². The average molecular weight is 336 g/mol. The van der Waals surface area contributed by atoms with Gasteiger partial charge in [-0.3, -0.25) is 4.79 Å². The maximum absolute atomic E-state index is 11.8. The quantitative estimate of drug-likeness (QED) is 0.648. The maximum Gasteiger partial charge on any atom is 0.228 e. The molecule has 2 rings (SSSR count). The number of carbonyl (C=O) groups is 2. The molecule has 0 spiro atoms. The van der Waals surface area contributed by atoms with Gasteiger partial charge in [0.15, 0.2) is 0 Å². The van der Waals surface area contributed by atoms with Gasteiger partial charge in [-0.15, -0.1) is 0 Å². The van der Waals surface area contributed by atoms with Gasteiger partial charge in [-0.1, -0.05) is 0 Å². The van der Waals surface area contributed by atoms with Gasteiger partial charge in [0.2, 0.25) is 5.91 Å². The zero-order valence-corrected chi connectivity index (χ0v) is 14.3. The molecule has 7 nitrogen and oxygen atoms in total. The number of methoxy groups -OCH3 is 2. The standard InChI is InChI=1S/C17H24N2O5/c1-12(14-5-4-13(23-2)10-15(14)24-3)18-6-8-19(9-7-18)16(20)11-17(21)22/h4-5,10,12H,6-9,11H2,1-3H3,(H,21,22)/t12-/m0/s1. The molecule has 1 aromatic rings. The van der Waals surface area contributed by atoms with Crippen LogP contribution in [0.5, 0.6) is 11.5 Å². The van der Waals surface area contributed by atoms with Gasteiger partial charge in [-0.25, -0.2) is 0 Å². The van der Waals surface area contributed by atoms with Gasteiger partial charge in [0.25, 0.3) is 0 Å². The van der Waals surface area contributed by atoms with E-state index in [0.29, 0.717) is 13.1 Å². The normalized spacial score (nSPS) is 16.5. The van der Waals surface area contributed by atoms with Crippen LogP contribution in [-0.4, -0.2) is 57.2 Å². The minimum absolute atomic E-state index is 0.198. The van der Waals surface area contributed by atoms with Crippen LogP contribution in [0.3, 0.4) is 0 Å². The SMILES string of the molecule is COc1ccc([C@H](C)[NH+]2CCN(C(=O)CC(=O)[O-])CC2)c(OC)c1. The molecule has 0 aromatic heterocycles. The Morgan fingerprint density at radius 1 is 1.25 bits per heavy atom. The third kappa shape index (κ3) is 4.17. The number of nitrogens with zero attached hydrogens (tertiary/aromatic N) is 1. The van der Waals surface area contributed by atoms with Gasteiger partial charge in [-0.2, -0.15) is 0 Å². The fourth-order valence-electron chi connectivity index (χ4n) is 3.11. The van der Waals surface area contributed by atoms with E-state index in [1.165, 1.54) is 4.90 Å². The number of carboxylic acids is 1. The number of rotatable bonds is 6. The predicted octanol–water partition coefficient (Wildman–Crippen LogP) is -1.37. The Morgan fingerprint density at radius 3 is 2.46 bits per heavy atom. The molecule has 7 heteroatoms. The number of amides is 1. The first-order valence-corrected chi connectivity index (χ1v) is 8.00. The molecule has 0 unspecified atom stereocenters. The molecule has 1 amide bonds. The molecule has 1 saturated heterocycles. The Bertz CT molecular complexity index is 597. The highest BCUT2D eigenvalue weighted by molar-refractivity contribution is 5.92. The number of benzene rings is 1. The van der Waals surface area contributed by atoms with Crippen molar-refractivity contribution in [2.75, 3.05) is 40.4 Å². The van der Waals surface area contributed by atoms with Crippen molar-refractivity contribution in [1.29, 1.82) is 0 Å². The highest BCUT2D eigenvalue weighted by Crippen LogP contribution is 2.28. The number of aliphatic carboxylic acids is 1. The summed E-state index contributed by atoms with van der Waals surface area (Å²) in [4.78, 5) is 25.3. The van der Waals surface area contributed by atoms with E-state index < -0.39 is 12.4 Å². The minimum Gasteiger partial charge on any atom is -0.550 e. The molecule has 0 aliphatic carbocycles. The fourth-order valence-corrected chi connectivity index (χ4v) is 3.11. The van der Waals surface area contributed by atoms with Gasteiger partial charge in [0.1, 0.15) is 17.5 Å². The average Bonchev–Trinajstić information content (AvgIpc) is 2.60. The molecule has 1 atom stereocenters. The summed E-state index contributed by atoms with van der Waals surface area (Å²) in [7, 11) is 3.25. The van der Waals surface area contributed by atoms with Gasteiger partial charge in [-0.05, 0) is 19.1 Å². The number of ether oxygens (including phenoxy) is 2. The summed E-state index contributed by atoms with van der Waals surface area (Å²) < 4.78 is 10.7. The highest BCUT2D eigenvalue weighted by atomic mass is 16.5. The number of piperazine rings is 1. The summed E-state index contributed by atoms with van der Waals surface area (Å²) in [5, 5.41) is 10.5. The Morgan fingerprint density at radius 2 is 1.92 bits per heavy atom. The number of nitrogens with one attached hydrogen (secondary N) is 1. The summed E-state index contributed by atoms with van der Waals surface area (Å²) in [5.41, 5.74) is 1.09. The molecule has 1 aliphatic heterocycles. The van der Waals surface area contributed by atoms with E-state index in [-0.39, 0.29) is 11.9 Å². The fraction of sp³-hybridized carbons (Fsp3) is 0.529. The molecule has 1 fully saturated rings. The lowest BCUT2D eigenvalue weighted by Crippen LogP contribution is -3.14. The maximum atomic E-state index is 11.8. The second-order valence-electron chi connectivity index (χ2n) is 5.92. The predicted molar refractivity (Wildman–Crippen MR) is 84.9 cm³/mol. The van der Waals surface area contributed by atoms with E-state index in [9.17, 15) is 14.7 Å². The Balaban J connectivity index is 2.01. The smallest absolute Gasteiger partial charge is 0.228 e. The van der Waals surface area contributed by atoms with Crippen LogP contribution >= 0.6 is 0 Å². The van der Waals surface area contributed by atoms with E-state index in [0.717, 1.165) is 30.2 Å². The van der Waals surface area contributed by atoms with E-state index in [4.69, 9.17) is 9.47 Å². The molecule has 1 N–H and O–H groups in total. The molecule has 1 aromatic carbocycles. The third-order valence-electron chi connectivity index (χ3n) is 4.57. The first kappa shape index (κ1) is 18.1. The van der Waals surface area contributed by atoms with Crippen molar-refractivity contribution in [2.24, 2.45) is 0 Å². The second-order valence-corrected chi connectivity index (χ2v) is 5.92. The molecular weight excluding hydrogens is 312 g/mol. The van der Waals surface area contributed by atoms with Crippen molar-refractivity contribution in [2.45, 2.75) is 19.4 Å². The van der Waals surface area contributed by atoms with Crippen LogP contribution in [0.2, 0.25) is 0 Å². The summed E-state index contributed by atoms with van der Waals surface area (Å²) in [6, 6.07) is 5.98. The van der Waals surface area contributed by atoms with Crippen molar-refractivity contribution < 1.29 is 29.1 Å². The van der Waals surface area contributed by atoms with E-state index in [2.05, 4.69) is 6.92 Å². The largest absolute Gasteiger partial charge is 0.550 e. The van der Waals surface area contributed by atoms with Crippen molar-refractivity contribution in [3.63, 3.8) is 0 Å². The summed E-state index contributed by atoms with van der Waals surface area (Å²) in [6.07, 6.45) is -0.544. The lowest BCUT2D eigenvalue weighted by molar-refractivity contribution is -0.933. The molecular formula is C17H24N2O5. The molecule has 132 valence electrons. The number of hydrogen-bond donors (Lipinski definition) is 1. The Labute approximate surface area is 141 Å². The zero-order valence-electron chi connectivity index (χ0n) is 14.3. The monoisotopic (exact) mass is 336 g/mol. The molecule has 0 radical (unpaired) electrons. The first-order valence-electron chi connectivity index (χ1n) is 8.00. The van der Waals surface area contributed by atoms with Crippen LogP contribution in [0.25, 0.3) is 0 Å². The summed E-state index contributed by atoms with van der Waals surface area (Å²) >= 11 is 0. The molecule has 24 heavy (non-hydrogen) atoms.